The number of benzene rings is 4. The van der Waals surface area contributed by atoms with E-state index in [1.54, 1.807) is 0 Å². The van der Waals surface area contributed by atoms with Gasteiger partial charge in [-0.25, -0.2) is 0 Å². The van der Waals surface area contributed by atoms with Gasteiger partial charge < -0.3 is 25.8 Å². The monoisotopic (exact) mass is 774 g/mol. The molecule has 4 amide bonds. The second kappa shape index (κ2) is 26.6. The largest absolute Gasteiger partial charge is 0.352 e. The summed E-state index contributed by atoms with van der Waals surface area (Å²) < 4.78 is 1.04. The molecule has 0 spiro atoms. The van der Waals surface area contributed by atoms with Crippen molar-refractivity contribution in [2.45, 2.75) is 77.0 Å². The molecule has 4 N–H and O–H groups in total. The molecule has 57 heavy (non-hydrogen) atoms. The molecule has 9 nitrogen and oxygen atoms in total. The Hall–Kier alpha value is -5.28. The maximum atomic E-state index is 12.6. The minimum atomic E-state index is -0.0272. The Morgan fingerprint density at radius 2 is 0.509 bits per heavy atom. The summed E-state index contributed by atoms with van der Waals surface area (Å²) in [5, 5.41) is 12.3. The molecule has 0 aliphatic rings. The SMILES string of the molecule is O=C(NCCCCC[N+](CCCCCNC(=O)c1ccccc1)(CCCCCNC(=O)c1ccccc1)CCCCCNC(=O)c1ccccc1)c1ccccc1. The second-order valence-corrected chi connectivity index (χ2v) is 15.0. The van der Waals surface area contributed by atoms with E-state index in [9.17, 15) is 19.2 Å². The van der Waals surface area contributed by atoms with Crippen LogP contribution in [-0.4, -0.2) is 80.5 Å². The van der Waals surface area contributed by atoms with E-state index in [-0.39, 0.29) is 23.6 Å². The molecule has 0 aromatic heterocycles. The van der Waals surface area contributed by atoms with Crippen LogP contribution in [0.5, 0.6) is 0 Å². The van der Waals surface area contributed by atoms with Gasteiger partial charge in [-0.15, -0.1) is 0 Å². The molecule has 304 valence electrons. The van der Waals surface area contributed by atoms with E-state index in [0.717, 1.165) is 108 Å². The lowest BCUT2D eigenvalue weighted by molar-refractivity contribution is -0.929. The zero-order valence-electron chi connectivity index (χ0n) is 33.8. The van der Waals surface area contributed by atoms with Crippen LogP contribution in [0.1, 0.15) is 118 Å². The van der Waals surface area contributed by atoms with Gasteiger partial charge in [-0.3, -0.25) is 19.2 Å². The predicted molar refractivity (Wildman–Crippen MR) is 230 cm³/mol. The van der Waals surface area contributed by atoms with Crippen LogP contribution in [0.3, 0.4) is 0 Å². The van der Waals surface area contributed by atoms with Crippen molar-refractivity contribution in [3.8, 4) is 0 Å². The highest BCUT2D eigenvalue weighted by Crippen LogP contribution is 2.19. The molecule has 0 saturated heterocycles. The summed E-state index contributed by atoms with van der Waals surface area (Å²) in [4.78, 5) is 50.2. The molecule has 0 atom stereocenters. The lowest BCUT2D eigenvalue weighted by Crippen LogP contribution is -2.51. The number of nitrogens with one attached hydrogen (secondary N) is 4. The van der Waals surface area contributed by atoms with Crippen LogP contribution in [0.4, 0.5) is 0 Å². The van der Waals surface area contributed by atoms with E-state index in [1.165, 1.54) is 0 Å². The molecule has 0 saturated carbocycles. The highest BCUT2D eigenvalue weighted by atomic mass is 16.2. The van der Waals surface area contributed by atoms with Crippen molar-refractivity contribution in [2.24, 2.45) is 0 Å². The van der Waals surface area contributed by atoms with Gasteiger partial charge in [0.2, 0.25) is 0 Å². The summed E-state index contributed by atoms with van der Waals surface area (Å²) in [6.07, 6.45) is 12.2. The number of quaternary nitrogens is 1. The van der Waals surface area contributed by atoms with Crippen LogP contribution in [0.25, 0.3) is 0 Å². The average Bonchev–Trinajstić information content (AvgIpc) is 3.26. The quantitative estimate of drug-likeness (QED) is 0.0344. The number of rotatable bonds is 28. The number of unbranched alkanes of at least 4 members (excludes halogenated alkanes) is 8. The highest BCUT2D eigenvalue weighted by Gasteiger charge is 2.26. The molecular formula is C48H64N5O4+. The Morgan fingerprint density at radius 3 is 0.719 bits per heavy atom. The maximum absolute atomic E-state index is 12.6. The van der Waals surface area contributed by atoms with Gasteiger partial charge in [-0.2, -0.15) is 0 Å². The number of carbonyl (C=O) groups excluding carboxylic acids is 4. The van der Waals surface area contributed by atoms with Crippen LogP contribution < -0.4 is 21.3 Å². The predicted octanol–water partition coefficient (Wildman–Crippen LogP) is 8.20. The number of hydrogen-bond donors (Lipinski definition) is 4. The Bertz CT molecular complexity index is 1460. The molecule has 0 fully saturated rings. The first-order chi connectivity index (χ1) is 28.0. The number of amides is 4. The van der Waals surface area contributed by atoms with Crippen LogP contribution in [0.15, 0.2) is 121 Å². The summed E-state index contributed by atoms with van der Waals surface area (Å²) in [5.74, 6) is -0.109. The van der Waals surface area contributed by atoms with E-state index < -0.39 is 0 Å². The third-order valence-electron chi connectivity index (χ3n) is 10.5. The van der Waals surface area contributed by atoms with Crippen molar-refractivity contribution in [1.82, 2.24) is 21.3 Å². The van der Waals surface area contributed by atoms with Gasteiger partial charge in [-0.05, 0) is 126 Å². The average molecular weight is 775 g/mol. The fraction of sp³-hybridized carbons (Fsp3) is 0.417. The zero-order valence-corrected chi connectivity index (χ0v) is 33.8. The Kier molecular flexibility index (Phi) is 20.7. The van der Waals surface area contributed by atoms with Gasteiger partial charge >= 0.3 is 0 Å². The van der Waals surface area contributed by atoms with Gasteiger partial charge in [0.15, 0.2) is 0 Å². The van der Waals surface area contributed by atoms with Crippen LogP contribution >= 0.6 is 0 Å². The first-order valence-electron chi connectivity index (χ1n) is 21.1. The zero-order chi connectivity index (χ0) is 40.2. The lowest BCUT2D eigenvalue weighted by Gasteiger charge is -2.39. The maximum Gasteiger partial charge on any atom is 0.251 e. The van der Waals surface area contributed by atoms with Crippen molar-refractivity contribution in [1.29, 1.82) is 0 Å². The fourth-order valence-corrected chi connectivity index (χ4v) is 7.24. The van der Waals surface area contributed by atoms with Crippen molar-refractivity contribution in [2.75, 3.05) is 52.4 Å². The molecule has 4 rings (SSSR count). The first kappa shape index (κ1) is 44.4. The van der Waals surface area contributed by atoms with Crippen LogP contribution in [0.2, 0.25) is 0 Å². The lowest BCUT2D eigenvalue weighted by atomic mass is 10.1. The fourth-order valence-electron chi connectivity index (χ4n) is 7.24. The van der Waals surface area contributed by atoms with E-state index in [4.69, 9.17) is 0 Å². The third-order valence-corrected chi connectivity index (χ3v) is 10.5. The third kappa shape index (κ3) is 17.6. The highest BCUT2D eigenvalue weighted by molar-refractivity contribution is 5.95. The summed E-state index contributed by atoms with van der Waals surface area (Å²) in [7, 11) is 0. The van der Waals surface area contributed by atoms with E-state index in [1.807, 2.05) is 121 Å². The molecule has 9 heteroatoms. The van der Waals surface area contributed by atoms with E-state index in [0.29, 0.717) is 48.4 Å². The summed E-state index contributed by atoms with van der Waals surface area (Å²) in [6.45, 7) is 6.94. The molecule has 0 aliphatic heterocycles. The topological polar surface area (TPSA) is 116 Å². The van der Waals surface area contributed by atoms with E-state index in [2.05, 4.69) is 21.3 Å². The Labute approximate surface area is 340 Å². The van der Waals surface area contributed by atoms with Gasteiger partial charge in [-0.1, -0.05) is 72.8 Å². The Balaban J connectivity index is 1.30. The van der Waals surface area contributed by atoms with Gasteiger partial charge in [0.05, 0.1) is 26.2 Å². The summed E-state index contributed by atoms with van der Waals surface area (Å²) >= 11 is 0. The molecule has 0 aliphatic carbocycles. The smallest absolute Gasteiger partial charge is 0.251 e. The minimum Gasteiger partial charge on any atom is -0.352 e. The molecular weight excluding hydrogens is 711 g/mol. The van der Waals surface area contributed by atoms with Gasteiger partial charge in [0, 0.05) is 48.4 Å². The Morgan fingerprint density at radius 1 is 0.298 bits per heavy atom. The molecule has 4 aromatic carbocycles. The van der Waals surface area contributed by atoms with Crippen LogP contribution in [-0.2, 0) is 0 Å². The molecule has 0 radical (unpaired) electrons. The molecule has 0 heterocycles. The van der Waals surface area contributed by atoms with Gasteiger partial charge in [0.25, 0.3) is 23.6 Å². The van der Waals surface area contributed by atoms with Crippen molar-refractivity contribution in [3.05, 3.63) is 144 Å². The van der Waals surface area contributed by atoms with E-state index >= 15 is 0 Å². The normalized spacial score (nSPS) is 11.1. The second-order valence-electron chi connectivity index (χ2n) is 15.0. The van der Waals surface area contributed by atoms with Crippen molar-refractivity contribution >= 4 is 23.6 Å². The summed E-state index contributed by atoms with van der Waals surface area (Å²) in [5.41, 5.74) is 2.75. The first-order valence-corrected chi connectivity index (χ1v) is 21.1. The molecule has 0 bridgehead atoms. The summed E-state index contributed by atoms with van der Waals surface area (Å²) in [6, 6.07) is 37.5. The molecule has 0 unspecified atom stereocenters. The molecule has 4 aromatic rings. The standard InChI is InChI=1S/C48H63N5O4/c54-45(41-25-9-1-10-26-41)49-33-17-5-21-37-53(38-22-6-18-34-50-46(55)42-27-11-2-12-28-42,39-23-7-19-35-51-47(56)43-29-13-3-14-30-43)40-24-8-20-36-52-48(57)44-31-15-4-16-32-44/h1-4,9-16,25-32H,5-8,17-24,33-40H2,(H3-,49,50,51,52,54,55,56,57)/p+1. The number of nitrogens with zero attached hydrogens (tertiary/aromatic N) is 1. The number of carbonyl (C=O) groups is 4. The minimum absolute atomic E-state index is 0.0272. The van der Waals surface area contributed by atoms with Crippen LogP contribution in [0, 0.1) is 0 Å². The number of hydrogen-bond acceptors (Lipinski definition) is 4. The van der Waals surface area contributed by atoms with Crippen molar-refractivity contribution < 1.29 is 23.7 Å². The van der Waals surface area contributed by atoms with Gasteiger partial charge in [0.1, 0.15) is 0 Å². The van der Waals surface area contributed by atoms with Crippen molar-refractivity contribution in [3.63, 3.8) is 0 Å².